The van der Waals surface area contributed by atoms with Gasteiger partial charge in [-0.15, -0.1) is 0 Å². The predicted octanol–water partition coefficient (Wildman–Crippen LogP) is 2.94. The van der Waals surface area contributed by atoms with Crippen LogP contribution in [0.2, 0.25) is 5.02 Å². The number of halogens is 2. The molecule has 0 saturated carbocycles. The highest BCUT2D eigenvalue weighted by molar-refractivity contribution is 7.92. The van der Waals surface area contributed by atoms with Gasteiger partial charge in [0.05, 0.1) is 9.92 Å². The fourth-order valence-electron chi connectivity index (χ4n) is 2.45. The number of fused-ring (bicyclic) bond motifs is 5. The zero-order valence-electron chi connectivity index (χ0n) is 9.84. The topological polar surface area (TPSA) is 51.4 Å². The fraction of sp³-hybridized carbons (Fsp3) is 0. The van der Waals surface area contributed by atoms with Crippen LogP contribution in [0.15, 0.2) is 46.5 Å². The van der Waals surface area contributed by atoms with Gasteiger partial charge in [-0.1, -0.05) is 11.6 Å². The van der Waals surface area contributed by atoms with E-state index in [9.17, 15) is 12.8 Å². The van der Waals surface area contributed by atoms with Crippen molar-refractivity contribution in [1.29, 1.82) is 0 Å². The van der Waals surface area contributed by atoms with E-state index in [1.807, 2.05) is 0 Å². The minimum atomic E-state index is -3.79. The van der Waals surface area contributed by atoms with Crippen LogP contribution in [0.4, 0.5) is 4.39 Å². The highest BCUT2D eigenvalue weighted by Crippen LogP contribution is 2.43. The molecule has 0 N–H and O–H groups in total. The molecule has 1 aliphatic heterocycles. The average Bonchev–Trinajstić information content (AvgIpc) is 2.85. The van der Waals surface area contributed by atoms with E-state index in [1.54, 1.807) is 12.1 Å². The fourth-order valence-corrected chi connectivity index (χ4v) is 4.35. The lowest BCUT2D eigenvalue weighted by atomic mass is 10.2. The molecule has 4 rings (SSSR count). The molecule has 100 valence electrons. The molecule has 1 aliphatic rings. The van der Waals surface area contributed by atoms with Crippen molar-refractivity contribution in [3.63, 3.8) is 0 Å². The third kappa shape index (κ3) is 1.35. The Morgan fingerprint density at radius 3 is 2.80 bits per heavy atom. The van der Waals surface area contributed by atoms with Gasteiger partial charge in [-0.3, -0.25) is 4.40 Å². The van der Waals surface area contributed by atoms with Gasteiger partial charge in [0.15, 0.2) is 5.03 Å². The van der Waals surface area contributed by atoms with Gasteiger partial charge in [-0.25, -0.2) is 17.8 Å². The van der Waals surface area contributed by atoms with Crippen LogP contribution in [0.25, 0.3) is 16.9 Å². The normalized spacial score (nSPS) is 15.3. The molecule has 20 heavy (non-hydrogen) atoms. The number of hydrogen-bond donors (Lipinski definition) is 0. The third-order valence-electron chi connectivity index (χ3n) is 3.28. The first-order valence-electron chi connectivity index (χ1n) is 5.71. The molecule has 0 saturated heterocycles. The molecule has 0 aliphatic carbocycles. The zero-order chi connectivity index (χ0) is 14.1. The predicted molar refractivity (Wildman–Crippen MR) is 71.0 cm³/mol. The Morgan fingerprint density at radius 2 is 2.00 bits per heavy atom. The number of nitrogens with zero attached hydrogens (tertiary/aromatic N) is 2. The van der Waals surface area contributed by atoms with Crippen LogP contribution in [-0.2, 0) is 9.84 Å². The van der Waals surface area contributed by atoms with Crippen LogP contribution >= 0.6 is 11.6 Å². The number of sulfone groups is 1. The van der Waals surface area contributed by atoms with E-state index in [4.69, 9.17) is 11.6 Å². The van der Waals surface area contributed by atoms with E-state index in [2.05, 4.69) is 4.98 Å². The Balaban J connectivity index is 2.21. The molecule has 0 atom stereocenters. The van der Waals surface area contributed by atoms with Crippen LogP contribution in [-0.4, -0.2) is 17.8 Å². The second kappa shape index (κ2) is 3.59. The summed E-state index contributed by atoms with van der Waals surface area (Å²) in [5.74, 6) is -0.593. The summed E-state index contributed by atoms with van der Waals surface area (Å²) in [7, 11) is -3.79. The summed E-state index contributed by atoms with van der Waals surface area (Å²) in [5, 5.41) is 0.436. The number of pyridine rings is 1. The minimum Gasteiger partial charge on any atom is -0.288 e. The Hall–Kier alpha value is -1.92. The summed E-state index contributed by atoms with van der Waals surface area (Å²) in [5.41, 5.74) is 1.24. The number of aromatic nitrogens is 2. The molecule has 7 heteroatoms. The molecular weight excluding hydrogens is 303 g/mol. The molecule has 0 unspecified atom stereocenters. The van der Waals surface area contributed by atoms with Gasteiger partial charge in [-0.05, 0) is 30.3 Å². The van der Waals surface area contributed by atoms with E-state index < -0.39 is 15.7 Å². The highest BCUT2D eigenvalue weighted by atomic mass is 35.5. The number of benzene rings is 1. The van der Waals surface area contributed by atoms with E-state index in [0.717, 1.165) is 6.07 Å². The van der Waals surface area contributed by atoms with Gasteiger partial charge >= 0.3 is 0 Å². The quantitative estimate of drug-likeness (QED) is 0.502. The largest absolute Gasteiger partial charge is 0.288 e. The van der Waals surface area contributed by atoms with Crippen molar-refractivity contribution in [2.75, 3.05) is 0 Å². The van der Waals surface area contributed by atoms with E-state index in [-0.39, 0.29) is 9.92 Å². The lowest BCUT2D eigenvalue weighted by Gasteiger charge is -2.01. The second-order valence-corrected chi connectivity index (χ2v) is 6.75. The van der Waals surface area contributed by atoms with Gasteiger partial charge in [0.25, 0.3) is 0 Å². The first kappa shape index (κ1) is 11.9. The summed E-state index contributed by atoms with van der Waals surface area (Å²) in [6.07, 6.45) is 1.49. The van der Waals surface area contributed by atoms with Crippen molar-refractivity contribution in [2.45, 2.75) is 9.92 Å². The van der Waals surface area contributed by atoms with Crippen molar-refractivity contribution >= 4 is 27.1 Å². The molecule has 0 amide bonds. The number of imidazole rings is 1. The minimum absolute atomic E-state index is 0.0376. The Morgan fingerprint density at radius 1 is 1.20 bits per heavy atom. The van der Waals surface area contributed by atoms with Gasteiger partial charge < -0.3 is 0 Å². The maximum absolute atomic E-state index is 13.3. The molecule has 0 bridgehead atoms. The zero-order valence-corrected chi connectivity index (χ0v) is 11.4. The number of hydrogen-bond acceptors (Lipinski definition) is 3. The summed E-state index contributed by atoms with van der Waals surface area (Å²) < 4.78 is 39.8. The Bertz CT molecular complexity index is 995. The SMILES string of the molecule is O=S1(=O)c2cc(F)ccc2-c2nc3ccc(Cl)cn3c21. The third-order valence-corrected chi connectivity index (χ3v) is 5.32. The Kier molecular flexibility index (Phi) is 2.13. The van der Waals surface area contributed by atoms with Crippen LogP contribution in [0, 0.1) is 5.82 Å². The molecule has 1 aromatic carbocycles. The summed E-state index contributed by atoms with van der Waals surface area (Å²) in [4.78, 5) is 4.25. The van der Waals surface area contributed by atoms with Crippen LogP contribution in [0.3, 0.4) is 0 Å². The highest BCUT2D eigenvalue weighted by Gasteiger charge is 2.38. The smallest absolute Gasteiger partial charge is 0.225 e. The van der Waals surface area contributed by atoms with Crippen molar-refractivity contribution in [3.05, 3.63) is 47.4 Å². The summed E-state index contributed by atoms with van der Waals surface area (Å²) in [6, 6.07) is 6.95. The summed E-state index contributed by atoms with van der Waals surface area (Å²) >= 11 is 5.90. The standard InChI is InChI=1S/C13H6ClFN2O2S/c14-7-1-4-11-16-12-9-3-2-8(15)5-10(9)20(18,19)13(12)17(11)6-7/h1-6H. The molecule has 3 heterocycles. The maximum atomic E-state index is 13.3. The molecular formula is C13H6ClFN2O2S. The van der Waals surface area contributed by atoms with Gasteiger partial charge in [0.1, 0.15) is 17.2 Å². The first-order chi connectivity index (χ1) is 9.48. The van der Waals surface area contributed by atoms with Crippen LogP contribution in [0.5, 0.6) is 0 Å². The van der Waals surface area contributed by atoms with E-state index in [0.29, 0.717) is 21.9 Å². The maximum Gasteiger partial charge on any atom is 0.225 e. The molecule has 3 aromatic rings. The average molecular weight is 309 g/mol. The molecule has 4 nitrogen and oxygen atoms in total. The number of rotatable bonds is 0. The Labute approximate surface area is 118 Å². The van der Waals surface area contributed by atoms with Crippen molar-refractivity contribution in [1.82, 2.24) is 9.38 Å². The van der Waals surface area contributed by atoms with E-state index in [1.165, 1.54) is 22.7 Å². The van der Waals surface area contributed by atoms with Crippen LogP contribution in [0.1, 0.15) is 0 Å². The summed E-state index contributed by atoms with van der Waals surface area (Å²) in [6.45, 7) is 0. The van der Waals surface area contributed by atoms with Gasteiger partial charge in [0.2, 0.25) is 9.84 Å². The monoisotopic (exact) mass is 308 g/mol. The van der Waals surface area contributed by atoms with Crippen molar-refractivity contribution < 1.29 is 12.8 Å². The van der Waals surface area contributed by atoms with Gasteiger partial charge in [0, 0.05) is 11.8 Å². The molecule has 0 fully saturated rings. The van der Waals surface area contributed by atoms with Gasteiger partial charge in [-0.2, -0.15) is 0 Å². The molecule has 2 aromatic heterocycles. The second-order valence-electron chi connectivity index (χ2n) is 4.48. The van der Waals surface area contributed by atoms with Crippen molar-refractivity contribution in [2.24, 2.45) is 0 Å². The van der Waals surface area contributed by atoms with Crippen LogP contribution < -0.4 is 0 Å². The first-order valence-corrected chi connectivity index (χ1v) is 7.57. The molecule has 0 spiro atoms. The van der Waals surface area contributed by atoms with E-state index >= 15 is 0 Å². The van der Waals surface area contributed by atoms with Crippen molar-refractivity contribution in [3.8, 4) is 11.3 Å². The lowest BCUT2D eigenvalue weighted by molar-refractivity contribution is 0.590. The lowest BCUT2D eigenvalue weighted by Crippen LogP contribution is -2.02. The molecule has 0 radical (unpaired) electrons.